The Bertz CT molecular complexity index is 909. The lowest BCUT2D eigenvalue weighted by Crippen LogP contribution is -2.26. The quantitative estimate of drug-likeness (QED) is 0.721. The minimum absolute atomic E-state index is 0.271. The van der Waals surface area contributed by atoms with E-state index in [0.29, 0.717) is 29.0 Å². The third-order valence-electron chi connectivity index (χ3n) is 4.06. The molecule has 8 heteroatoms. The van der Waals surface area contributed by atoms with Gasteiger partial charge in [-0.15, -0.1) is 0 Å². The van der Waals surface area contributed by atoms with Crippen LogP contribution in [0.15, 0.2) is 30.3 Å². The molecule has 0 unspecified atom stereocenters. The van der Waals surface area contributed by atoms with Crippen LogP contribution < -0.4 is 15.4 Å². The van der Waals surface area contributed by atoms with E-state index in [-0.39, 0.29) is 6.61 Å². The van der Waals surface area contributed by atoms with E-state index in [2.05, 4.69) is 30.8 Å². The number of hydrogen-bond donors (Lipinski definition) is 2. The zero-order valence-electron chi connectivity index (χ0n) is 14.3. The third-order valence-corrected chi connectivity index (χ3v) is 4.31. The highest BCUT2D eigenvalue weighted by atomic mass is 35.5. The number of aryl methyl sites for hydroxylation is 1. The normalized spacial score (nSPS) is 13.3. The molecule has 133 valence electrons. The van der Waals surface area contributed by atoms with E-state index < -0.39 is 0 Å². The summed E-state index contributed by atoms with van der Waals surface area (Å²) in [6.45, 7) is 3.79. The highest BCUT2D eigenvalue weighted by Gasteiger charge is 2.19. The molecule has 3 aromatic rings. The maximum absolute atomic E-state index is 5.90. The number of hydrogen-bond acceptors (Lipinski definition) is 5. The Labute approximate surface area is 156 Å². The molecule has 1 aromatic carbocycles. The summed E-state index contributed by atoms with van der Waals surface area (Å²) in [5.74, 6) is 2.66. The summed E-state index contributed by atoms with van der Waals surface area (Å²) in [5, 5.41) is 15.7. The standard InChI is InChI=1S/C18H18ClN6O/c1-11-8-16(25-24-11)22-18-14-9-20-7-6-15(14)21-17(23-18)10-26-13-4-2-12(19)3-5-13/h2-5,8,20H,6-7,9-10H2,1H3,(H,24,25). The molecule has 0 atom stereocenters. The smallest absolute Gasteiger partial charge is 0.168 e. The van der Waals surface area contributed by atoms with Crippen molar-refractivity contribution in [3.8, 4) is 5.75 Å². The minimum Gasteiger partial charge on any atom is -0.486 e. The fourth-order valence-corrected chi connectivity index (χ4v) is 2.92. The summed E-state index contributed by atoms with van der Waals surface area (Å²) in [7, 11) is 0. The van der Waals surface area contributed by atoms with E-state index in [9.17, 15) is 0 Å². The molecule has 1 radical (unpaired) electrons. The molecule has 0 saturated heterocycles. The van der Waals surface area contributed by atoms with Gasteiger partial charge in [0.25, 0.3) is 0 Å². The van der Waals surface area contributed by atoms with E-state index in [4.69, 9.17) is 16.3 Å². The lowest BCUT2D eigenvalue weighted by molar-refractivity contribution is 0.295. The van der Waals surface area contributed by atoms with Gasteiger partial charge in [-0.3, -0.25) is 5.10 Å². The average Bonchev–Trinajstić information content (AvgIpc) is 3.06. The van der Waals surface area contributed by atoms with Crippen molar-refractivity contribution >= 4 is 23.2 Å². The summed E-state index contributed by atoms with van der Waals surface area (Å²) >= 11 is 5.90. The molecule has 0 amide bonds. The van der Waals surface area contributed by atoms with E-state index in [1.54, 1.807) is 12.1 Å². The largest absolute Gasteiger partial charge is 0.486 e. The third kappa shape index (κ3) is 3.79. The van der Waals surface area contributed by atoms with Crippen molar-refractivity contribution in [2.24, 2.45) is 0 Å². The summed E-state index contributed by atoms with van der Waals surface area (Å²) in [6, 6.07) is 9.11. The predicted octanol–water partition coefficient (Wildman–Crippen LogP) is 2.95. The Morgan fingerprint density at radius 1 is 1.23 bits per heavy atom. The minimum atomic E-state index is 0.271. The van der Waals surface area contributed by atoms with Crippen LogP contribution in [-0.4, -0.2) is 26.7 Å². The SMILES string of the molecule is Cc1cc([N]c2nc(COc3ccc(Cl)cc3)nc3c2CNCC3)[nH]n1. The molecule has 0 aliphatic carbocycles. The Kier molecular flexibility index (Phi) is 4.73. The first-order chi connectivity index (χ1) is 12.7. The van der Waals surface area contributed by atoms with Gasteiger partial charge in [0.1, 0.15) is 12.4 Å². The Morgan fingerprint density at radius 3 is 2.85 bits per heavy atom. The predicted molar refractivity (Wildman–Crippen MR) is 98.0 cm³/mol. The summed E-state index contributed by atoms with van der Waals surface area (Å²) < 4.78 is 5.79. The molecule has 4 rings (SSSR count). The summed E-state index contributed by atoms with van der Waals surface area (Å²) in [6.07, 6.45) is 0.844. The Balaban J connectivity index is 1.58. The first-order valence-electron chi connectivity index (χ1n) is 8.39. The first-order valence-corrected chi connectivity index (χ1v) is 8.77. The fourth-order valence-electron chi connectivity index (χ4n) is 2.79. The lowest BCUT2D eigenvalue weighted by atomic mass is 10.1. The number of halogens is 1. The highest BCUT2D eigenvalue weighted by Crippen LogP contribution is 2.24. The van der Waals surface area contributed by atoms with Crippen LogP contribution in [0.1, 0.15) is 22.8 Å². The van der Waals surface area contributed by atoms with Crippen LogP contribution in [0.5, 0.6) is 5.75 Å². The monoisotopic (exact) mass is 369 g/mol. The number of nitrogens with one attached hydrogen (secondary N) is 2. The fraction of sp³-hybridized carbons (Fsp3) is 0.278. The van der Waals surface area contributed by atoms with Gasteiger partial charge in [0.05, 0.1) is 11.4 Å². The van der Waals surface area contributed by atoms with Crippen molar-refractivity contribution < 1.29 is 4.74 Å². The van der Waals surface area contributed by atoms with E-state index in [0.717, 1.165) is 35.7 Å². The molecule has 0 fully saturated rings. The van der Waals surface area contributed by atoms with Crippen LogP contribution in [0.25, 0.3) is 0 Å². The maximum Gasteiger partial charge on any atom is 0.168 e. The van der Waals surface area contributed by atoms with Crippen molar-refractivity contribution in [3.63, 3.8) is 0 Å². The zero-order chi connectivity index (χ0) is 17.9. The van der Waals surface area contributed by atoms with Gasteiger partial charge < -0.3 is 10.1 Å². The lowest BCUT2D eigenvalue weighted by Gasteiger charge is -2.19. The second-order valence-corrected chi connectivity index (χ2v) is 6.50. The van der Waals surface area contributed by atoms with Gasteiger partial charge in [-0.05, 0) is 31.2 Å². The van der Waals surface area contributed by atoms with Gasteiger partial charge in [0.2, 0.25) is 0 Å². The number of aromatic nitrogens is 4. The highest BCUT2D eigenvalue weighted by molar-refractivity contribution is 6.30. The molecule has 7 nitrogen and oxygen atoms in total. The average molecular weight is 370 g/mol. The molecule has 26 heavy (non-hydrogen) atoms. The van der Waals surface area contributed by atoms with Gasteiger partial charge >= 0.3 is 0 Å². The van der Waals surface area contributed by atoms with E-state index >= 15 is 0 Å². The second kappa shape index (κ2) is 7.31. The molecule has 1 aliphatic heterocycles. The number of benzene rings is 1. The number of H-pyrrole nitrogens is 1. The van der Waals surface area contributed by atoms with Crippen molar-refractivity contribution in [3.05, 3.63) is 58.1 Å². The number of ether oxygens (including phenoxy) is 1. The molecule has 3 heterocycles. The first kappa shape index (κ1) is 16.8. The molecule has 0 spiro atoms. The van der Waals surface area contributed by atoms with Crippen LogP contribution in [-0.2, 0) is 19.6 Å². The van der Waals surface area contributed by atoms with Crippen molar-refractivity contribution in [1.29, 1.82) is 0 Å². The summed E-state index contributed by atoms with van der Waals surface area (Å²) in [5.41, 5.74) is 2.93. The van der Waals surface area contributed by atoms with Crippen LogP contribution >= 0.6 is 11.6 Å². The van der Waals surface area contributed by atoms with Crippen LogP contribution in [0.4, 0.5) is 11.6 Å². The van der Waals surface area contributed by atoms with Crippen LogP contribution in [0, 0.1) is 6.92 Å². The number of fused-ring (bicyclic) bond motifs is 1. The second-order valence-electron chi connectivity index (χ2n) is 6.06. The Hall–Kier alpha value is -2.64. The van der Waals surface area contributed by atoms with Gasteiger partial charge in [-0.2, -0.15) is 5.10 Å². The van der Waals surface area contributed by atoms with Gasteiger partial charge in [0.15, 0.2) is 17.5 Å². The maximum atomic E-state index is 5.90. The van der Waals surface area contributed by atoms with Crippen molar-refractivity contribution in [1.82, 2.24) is 30.8 Å². The van der Waals surface area contributed by atoms with E-state index in [1.807, 2.05) is 25.1 Å². The van der Waals surface area contributed by atoms with Gasteiger partial charge in [0, 0.05) is 36.2 Å². The van der Waals surface area contributed by atoms with E-state index in [1.165, 1.54) is 0 Å². The Morgan fingerprint density at radius 2 is 2.08 bits per heavy atom. The molecule has 2 aromatic heterocycles. The molecule has 1 aliphatic rings. The number of nitrogens with zero attached hydrogens (tertiary/aromatic N) is 4. The molecular weight excluding hydrogens is 352 g/mol. The summed E-state index contributed by atoms with van der Waals surface area (Å²) in [4.78, 5) is 9.27. The number of rotatable bonds is 5. The zero-order valence-corrected chi connectivity index (χ0v) is 15.0. The van der Waals surface area contributed by atoms with Crippen LogP contribution in [0.3, 0.4) is 0 Å². The van der Waals surface area contributed by atoms with Gasteiger partial charge in [-0.25, -0.2) is 15.3 Å². The van der Waals surface area contributed by atoms with Crippen LogP contribution in [0.2, 0.25) is 5.02 Å². The van der Waals surface area contributed by atoms with Gasteiger partial charge in [-0.1, -0.05) is 11.6 Å². The molecule has 2 N–H and O–H groups in total. The van der Waals surface area contributed by atoms with Crippen molar-refractivity contribution in [2.45, 2.75) is 26.5 Å². The molecule has 0 saturated carbocycles. The topological polar surface area (TPSA) is 89.8 Å². The molecular formula is C18H18ClN6O. The molecule has 0 bridgehead atoms. The number of aromatic amines is 1. The van der Waals surface area contributed by atoms with Crippen molar-refractivity contribution in [2.75, 3.05) is 6.54 Å².